The second-order valence-electron chi connectivity index (χ2n) is 5.89. The lowest BCUT2D eigenvalue weighted by molar-refractivity contribution is 0.0818. The summed E-state index contributed by atoms with van der Waals surface area (Å²) in [4.78, 5) is 27.2. The van der Waals surface area contributed by atoms with E-state index in [2.05, 4.69) is 0 Å². The van der Waals surface area contributed by atoms with E-state index in [1.54, 1.807) is 36.9 Å². The SMILES string of the molecule is CN(C)C(=O)c1c(CN)c(=O)c2ccc(Cl)cc2n1-c1ccccc1.Cl. The third kappa shape index (κ3) is 3.33. The predicted octanol–water partition coefficient (Wildman–Crippen LogP) is 3.23. The third-order valence-corrected chi connectivity index (χ3v) is 4.29. The van der Waals surface area contributed by atoms with Crippen LogP contribution in [0.2, 0.25) is 5.02 Å². The number of carbonyl (C=O) groups excluding carboxylic acids is 1. The molecule has 5 nitrogen and oxygen atoms in total. The lowest BCUT2D eigenvalue weighted by atomic mass is 10.1. The fourth-order valence-corrected chi connectivity index (χ4v) is 3.04. The first kappa shape index (κ1) is 20.0. The summed E-state index contributed by atoms with van der Waals surface area (Å²) in [7, 11) is 3.29. The number of pyridine rings is 1. The average molecular weight is 392 g/mol. The van der Waals surface area contributed by atoms with Gasteiger partial charge in [-0.1, -0.05) is 29.8 Å². The largest absolute Gasteiger partial charge is 0.343 e. The molecule has 136 valence electrons. The second-order valence-corrected chi connectivity index (χ2v) is 6.33. The van der Waals surface area contributed by atoms with E-state index in [0.717, 1.165) is 5.69 Å². The number of carbonyl (C=O) groups is 1. The quantitative estimate of drug-likeness (QED) is 0.744. The van der Waals surface area contributed by atoms with Gasteiger partial charge in [-0.2, -0.15) is 0 Å². The molecule has 0 aliphatic heterocycles. The number of fused-ring (bicyclic) bond motifs is 1. The molecular weight excluding hydrogens is 373 g/mol. The average Bonchev–Trinajstić information content (AvgIpc) is 2.61. The molecule has 3 rings (SSSR count). The number of halogens is 2. The summed E-state index contributed by atoms with van der Waals surface area (Å²) in [6.45, 7) is -0.0286. The van der Waals surface area contributed by atoms with Gasteiger partial charge in [0, 0.05) is 42.3 Å². The van der Waals surface area contributed by atoms with E-state index in [1.807, 2.05) is 30.3 Å². The smallest absolute Gasteiger partial charge is 0.270 e. The summed E-state index contributed by atoms with van der Waals surface area (Å²) in [6.07, 6.45) is 0. The van der Waals surface area contributed by atoms with Crippen LogP contribution >= 0.6 is 24.0 Å². The Kier molecular flexibility index (Phi) is 6.08. The van der Waals surface area contributed by atoms with Crippen LogP contribution in [0.3, 0.4) is 0 Å². The monoisotopic (exact) mass is 391 g/mol. The molecule has 2 N–H and O–H groups in total. The minimum absolute atomic E-state index is 0. The van der Waals surface area contributed by atoms with Crippen molar-refractivity contribution in [3.05, 3.63) is 75.0 Å². The molecule has 2 aromatic carbocycles. The fourth-order valence-electron chi connectivity index (χ4n) is 2.88. The van der Waals surface area contributed by atoms with Gasteiger partial charge >= 0.3 is 0 Å². The zero-order valence-electron chi connectivity index (χ0n) is 14.4. The Hall–Kier alpha value is -2.34. The van der Waals surface area contributed by atoms with Crippen molar-refractivity contribution in [3.8, 4) is 5.69 Å². The Balaban J connectivity index is 0.00000243. The highest BCUT2D eigenvalue weighted by atomic mass is 35.5. The number of amides is 1. The molecule has 0 saturated heterocycles. The maximum atomic E-state index is 12.9. The minimum Gasteiger partial charge on any atom is -0.343 e. The number of nitrogens with zero attached hydrogens (tertiary/aromatic N) is 2. The molecule has 7 heteroatoms. The highest BCUT2D eigenvalue weighted by Gasteiger charge is 2.23. The van der Waals surface area contributed by atoms with Crippen molar-refractivity contribution in [2.45, 2.75) is 6.54 Å². The van der Waals surface area contributed by atoms with Crippen molar-refractivity contribution in [2.24, 2.45) is 5.73 Å². The maximum absolute atomic E-state index is 12.9. The fraction of sp³-hybridized carbons (Fsp3) is 0.158. The molecule has 1 amide bonds. The summed E-state index contributed by atoms with van der Waals surface area (Å²) in [5, 5.41) is 0.962. The molecule has 0 radical (unpaired) electrons. The summed E-state index contributed by atoms with van der Waals surface area (Å²) < 4.78 is 1.76. The van der Waals surface area contributed by atoms with Crippen molar-refractivity contribution in [1.29, 1.82) is 0 Å². The van der Waals surface area contributed by atoms with Gasteiger partial charge in [-0.05, 0) is 30.3 Å². The van der Waals surface area contributed by atoms with E-state index >= 15 is 0 Å². The van der Waals surface area contributed by atoms with Crippen LogP contribution in [0, 0.1) is 0 Å². The van der Waals surface area contributed by atoms with Crippen LogP contribution in [-0.4, -0.2) is 29.5 Å². The number of hydrogen-bond acceptors (Lipinski definition) is 3. The van der Waals surface area contributed by atoms with Gasteiger partial charge in [-0.15, -0.1) is 12.4 Å². The van der Waals surface area contributed by atoms with Crippen molar-refractivity contribution < 1.29 is 4.79 Å². The molecule has 0 saturated carbocycles. The maximum Gasteiger partial charge on any atom is 0.270 e. The van der Waals surface area contributed by atoms with Crippen LogP contribution in [0.5, 0.6) is 0 Å². The van der Waals surface area contributed by atoms with Gasteiger partial charge < -0.3 is 15.2 Å². The lowest BCUT2D eigenvalue weighted by Crippen LogP contribution is -2.32. The zero-order valence-corrected chi connectivity index (χ0v) is 16.0. The van der Waals surface area contributed by atoms with Gasteiger partial charge in [0.05, 0.1) is 5.52 Å². The van der Waals surface area contributed by atoms with Crippen LogP contribution < -0.4 is 11.2 Å². The van der Waals surface area contributed by atoms with Gasteiger partial charge in [-0.3, -0.25) is 9.59 Å². The molecule has 0 unspecified atom stereocenters. The highest BCUT2D eigenvalue weighted by molar-refractivity contribution is 6.31. The van der Waals surface area contributed by atoms with E-state index in [4.69, 9.17) is 17.3 Å². The summed E-state index contributed by atoms with van der Waals surface area (Å²) in [5.41, 5.74) is 7.49. The second kappa shape index (κ2) is 7.91. The third-order valence-electron chi connectivity index (χ3n) is 4.06. The van der Waals surface area contributed by atoms with Crippen LogP contribution in [0.4, 0.5) is 0 Å². The number of hydrogen-bond donors (Lipinski definition) is 1. The van der Waals surface area contributed by atoms with Gasteiger partial charge in [0.1, 0.15) is 5.69 Å². The summed E-state index contributed by atoms with van der Waals surface area (Å²) >= 11 is 6.16. The zero-order chi connectivity index (χ0) is 18.1. The first-order chi connectivity index (χ1) is 12.0. The van der Waals surface area contributed by atoms with Crippen LogP contribution in [0.1, 0.15) is 16.1 Å². The summed E-state index contributed by atoms with van der Waals surface area (Å²) in [5.74, 6) is -0.289. The van der Waals surface area contributed by atoms with Gasteiger partial charge in [0.2, 0.25) is 0 Å². The molecule has 3 aromatic rings. The first-order valence-corrected chi connectivity index (χ1v) is 8.17. The van der Waals surface area contributed by atoms with Crippen molar-refractivity contribution in [3.63, 3.8) is 0 Å². The topological polar surface area (TPSA) is 68.3 Å². The number of nitrogens with two attached hydrogens (primary N) is 1. The molecular formula is C19H19Cl2N3O2. The minimum atomic E-state index is -0.289. The Bertz CT molecular complexity index is 1010. The van der Waals surface area contributed by atoms with Crippen LogP contribution in [-0.2, 0) is 6.54 Å². The standard InChI is InChI=1S/C19H18ClN3O2.ClH/c1-22(2)19(25)17-15(11-21)18(24)14-9-8-12(20)10-16(14)23(17)13-6-4-3-5-7-13;/h3-10H,11,21H2,1-2H3;1H. The molecule has 0 atom stereocenters. The molecule has 0 fully saturated rings. The number of aromatic nitrogens is 1. The molecule has 0 aliphatic rings. The predicted molar refractivity (Wildman–Crippen MR) is 108 cm³/mol. The van der Waals surface area contributed by atoms with Crippen LogP contribution in [0.15, 0.2) is 53.3 Å². The van der Waals surface area contributed by atoms with Crippen molar-refractivity contribution >= 4 is 40.8 Å². The molecule has 1 aromatic heterocycles. The number of para-hydroxylation sites is 1. The molecule has 26 heavy (non-hydrogen) atoms. The van der Waals surface area contributed by atoms with E-state index in [-0.39, 0.29) is 41.5 Å². The Morgan fingerprint density at radius 2 is 1.81 bits per heavy atom. The van der Waals surface area contributed by atoms with Gasteiger partial charge in [0.15, 0.2) is 5.43 Å². The number of benzene rings is 2. The van der Waals surface area contributed by atoms with Crippen LogP contribution in [0.25, 0.3) is 16.6 Å². The Morgan fingerprint density at radius 3 is 2.38 bits per heavy atom. The van der Waals surface area contributed by atoms with Gasteiger partial charge in [0.25, 0.3) is 5.91 Å². The highest BCUT2D eigenvalue weighted by Crippen LogP contribution is 2.25. The van der Waals surface area contributed by atoms with E-state index < -0.39 is 0 Å². The van der Waals surface area contributed by atoms with E-state index in [0.29, 0.717) is 15.9 Å². The summed E-state index contributed by atoms with van der Waals surface area (Å²) in [6, 6.07) is 14.4. The van der Waals surface area contributed by atoms with Crippen molar-refractivity contribution in [2.75, 3.05) is 14.1 Å². The van der Waals surface area contributed by atoms with E-state index in [1.165, 1.54) is 4.90 Å². The number of rotatable bonds is 3. The lowest BCUT2D eigenvalue weighted by Gasteiger charge is -2.22. The normalized spacial score (nSPS) is 10.5. The molecule has 1 heterocycles. The van der Waals surface area contributed by atoms with Gasteiger partial charge in [-0.25, -0.2) is 0 Å². The molecule has 0 bridgehead atoms. The Morgan fingerprint density at radius 1 is 1.15 bits per heavy atom. The molecule has 0 aliphatic carbocycles. The molecule has 0 spiro atoms. The van der Waals surface area contributed by atoms with Crippen molar-refractivity contribution in [1.82, 2.24) is 9.47 Å². The Labute approximate surface area is 162 Å². The van der Waals surface area contributed by atoms with E-state index in [9.17, 15) is 9.59 Å². The first-order valence-electron chi connectivity index (χ1n) is 7.80.